The van der Waals surface area contributed by atoms with Gasteiger partial charge in [-0.2, -0.15) is 0 Å². The van der Waals surface area contributed by atoms with Crippen LogP contribution < -0.4 is 0 Å². The number of alkyl halides is 1. The smallest absolute Gasteiger partial charge is 0.0406 e. The number of benzene rings is 2. The molecule has 1 nitrogen and oxygen atoms in total. The fraction of sp³-hybridized carbons (Fsp3) is 0.333. The highest BCUT2D eigenvalue weighted by Crippen LogP contribution is 2.28. The fourth-order valence-electron chi connectivity index (χ4n) is 3.23. The molecular weight excluding hydrogens is 337 g/mol. The number of halogens is 2. The average molecular weight is 360 g/mol. The quantitative estimate of drug-likeness (QED) is 0.581. The summed E-state index contributed by atoms with van der Waals surface area (Å²) >= 11 is 11.8. The van der Waals surface area contributed by atoms with Crippen LogP contribution in [0, 0.1) is 0 Å². The summed E-state index contributed by atoms with van der Waals surface area (Å²) in [5, 5.41) is 0.777. The summed E-state index contributed by atoms with van der Waals surface area (Å²) in [5.74, 6) is 0.758. The SMILES string of the molecule is ClCCCN1CCC(=Cc2ccccc2-c2ccc(Cl)cc2)CC1. The second kappa shape index (κ2) is 8.71. The van der Waals surface area contributed by atoms with Gasteiger partial charge in [0.05, 0.1) is 0 Å². The van der Waals surface area contributed by atoms with Crippen LogP contribution in [0.5, 0.6) is 0 Å². The van der Waals surface area contributed by atoms with Crippen LogP contribution in [0.1, 0.15) is 24.8 Å². The van der Waals surface area contributed by atoms with Crippen LogP contribution in [0.2, 0.25) is 5.02 Å². The lowest BCUT2D eigenvalue weighted by molar-refractivity contribution is 0.258. The summed E-state index contributed by atoms with van der Waals surface area (Å²) in [6.07, 6.45) is 5.76. The molecule has 1 saturated heterocycles. The third kappa shape index (κ3) is 4.63. The van der Waals surface area contributed by atoms with Gasteiger partial charge in [0, 0.05) is 24.0 Å². The lowest BCUT2D eigenvalue weighted by Gasteiger charge is -2.28. The highest BCUT2D eigenvalue weighted by Gasteiger charge is 2.13. The van der Waals surface area contributed by atoms with Crippen LogP contribution in [0.3, 0.4) is 0 Å². The molecule has 0 saturated carbocycles. The van der Waals surface area contributed by atoms with Gasteiger partial charge in [-0.05, 0) is 54.6 Å². The summed E-state index contributed by atoms with van der Waals surface area (Å²) in [6.45, 7) is 3.41. The molecule has 126 valence electrons. The number of hydrogen-bond acceptors (Lipinski definition) is 1. The highest BCUT2D eigenvalue weighted by molar-refractivity contribution is 6.30. The van der Waals surface area contributed by atoms with Gasteiger partial charge in [0.25, 0.3) is 0 Å². The topological polar surface area (TPSA) is 3.24 Å². The largest absolute Gasteiger partial charge is 0.303 e. The van der Waals surface area contributed by atoms with E-state index < -0.39 is 0 Å². The molecule has 1 fully saturated rings. The summed E-state index contributed by atoms with van der Waals surface area (Å²) in [5.41, 5.74) is 5.32. The van der Waals surface area contributed by atoms with Crippen molar-refractivity contribution in [1.29, 1.82) is 0 Å². The van der Waals surface area contributed by atoms with E-state index in [-0.39, 0.29) is 0 Å². The summed E-state index contributed by atoms with van der Waals surface area (Å²) in [6, 6.07) is 16.7. The number of rotatable bonds is 5. The molecule has 24 heavy (non-hydrogen) atoms. The van der Waals surface area contributed by atoms with Gasteiger partial charge in [-0.3, -0.25) is 0 Å². The van der Waals surface area contributed by atoms with E-state index >= 15 is 0 Å². The van der Waals surface area contributed by atoms with Crippen molar-refractivity contribution in [2.24, 2.45) is 0 Å². The molecule has 1 aliphatic rings. The number of piperidine rings is 1. The molecule has 0 bridgehead atoms. The van der Waals surface area contributed by atoms with E-state index in [4.69, 9.17) is 23.2 Å². The molecule has 3 rings (SSSR count). The number of likely N-dealkylation sites (tertiary alicyclic amines) is 1. The van der Waals surface area contributed by atoms with Crippen LogP contribution in [0.25, 0.3) is 17.2 Å². The maximum atomic E-state index is 6.02. The number of hydrogen-bond donors (Lipinski definition) is 0. The summed E-state index contributed by atoms with van der Waals surface area (Å²) in [7, 11) is 0. The zero-order chi connectivity index (χ0) is 16.8. The normalized spacial score (nSPS) is 15.5. The monoisotopic (exact) mass is 359 g/mol. The summed E-state index contributed by atoms with van der Waals surface area (Å²) in [4.78, 5) is 2.52. The third-order valence-corrected chi connectivity index (χ3v) is 5.10. The Bertz CT molecular complexity index is 681. The van der Waals surface area contributed by atoms with Crippen molar-refractivity contribution in [2.75, 3.05) is 25.5 Å². The van der Waals surface area contributed by atoms with Crippen molar-refractivity contribution in [3.63, 3.8) is 0 Å². The Morgan fingerprint density at radius 3 is 2.38 bits per heavy atom. The first-order valence-corrected chi connectivity index (χ1v) is 9.50. The molecule has 1 aliphatic heterocycles. The predicted molar refractivity (Wildman–Crippen MR) is 106 cm³/mol. The Kier molecular flexibility index (Phi) is 6.37. The second-order valence-electron chi connectivity index (χ2n) is 6.28. The van der Waals surface area contributed by atoms with Gasteiger partial charge in [0.1, 0.15) is 0 Å². The minimum absolute atomic E-state index is 0.758. The van der Waals surface area contributed by atoms with E-state index in [1.807, 2.05) is 12.1 Å². The van der Waals surface area contributed by atoms with Crippen LogP contribution in [0.4, 0.5) is 0 Å². The molecule has 0 aliphatic carbocycles. The summed E-state index contributed by atoms with van der Waals surface area (Å²) < 4.78 is 0. The van der Waals surface area contributed by atoms with E-state index in [1.165, 1.54) is 16.7 Å². The van der Waals surface area contributed by atoms with Crippen LogP contribution in [-0.4, -0.2) is 30.4 Å². The molecule has 0 unspecified atom stereocenters. The first-order chi connectivity index (χ1) is 11.8. The fourth-order valence-corrected chi connectivity index (χ4v) is 3.47. The molecule has 2 aromatic rings. The molecule has 2 aromatic carbocycles. The van der Waals surface area contributed by atoms with Gasteiger partial charge < -0.3 is 4.90 Å². The van der Waals surface area contributed by atoms with E-state index in [1.54, 1.807) is 5.57 Å². The van der Waals surface area contributed by atoms with Crippen molar-refractivity contribution in [3.05, 3.63) is 64.7 Å². The maximum Gasteiger partial charge on any atom is 0.0406 e. The number of nitrogens with zero attached hydrogens (tertiary/aromatic N) is 1. The molecule has 0 aromatic heterocycles. The van der Waals surface area contributed by atoms with E-state index in [9.17, 15) is 0 Å². The minimum atomic E-state index is 0.758. The average Bonchev–Trinajstić information content (AvgIpc) is 2.62. The van der Waals surface area contributed by atoms with Gasteiger partial charge in [-0.1, -0.05) is 59.6 Å². The van der Waals surface area contributed by atoms with Gasteiger partial charge in [0.2, 0.25) is 0 Å². The molecule has 1 heterocycles. The van der Waals surface area contributed by atoms with Crippen molar-refractivity contribution < 1.29 is 0 Å². The third-order valence-electron chi connectivity index (χ3n) is 4.58. The zero-order valence-corrected chi connectivity index (χ0v) is 15.4. The highest BCUT2D eigenvalue weighted by atomic mass is 35.5. The van der Waals surface area contributed by atoms with Gasteiger partial charge in [-0.25, -0.2) is 0 Å². The van der Waals surface area contributed by atoms with Crippen molar-refractivity contribution in [1.82, 2.24) is 4.90 Å². The Morgan fingerprint density at radius 2 is 1.67 bits per heavy atom. The first-order valence-electron chi connectivity index (χ1n) is 8.59. The van der Waals surface area contributed by atoms with E-state index in [0.29, 0.717) is 0 Å². The van der Waals surface area contributed by atoms with Crippen LogP contribution >= 0.6 is 23.2 Å². The standard InChI is InChI=1S/C21H23Cl2N/c22-12-3-13-24-14-10-17(11-15-24)16-19-4-1-2-5-21(19)18-6-8-20(23)9-7-18/h1-2,4-9,16H,3,10-15H2. The van der Waals surface area contributed by atoms with Gasteiger partial charge >= 0.3 is 0 Å². The molecule has 0 spiro atoms. The van der Waals surface area contributed by atoms with Crippen molar-refractivity contribution in [2.45, 2.75) is 19.3 Å². The van der Waals surface area contributed by atoms with E-state index in [2.05, 4.69) is 47.4 Å². The molecule has 0 atom stereocenters. The molecule has 0 N–H and O–H groups in total. The lowest BCUT2D eigenvalue weighted by Crippen LogP contribution is -2.31. The Hall–Kier alpha value is -1.28. The molecular formula is C21H23Cl2N. The molecule has 0 amide bonds. The Morgan fingerprint density at radius 1 is 0.958 bits per heavy atom. The van der Waals surface area contributed by atoms with Gasteiger partial charge in [-0.15, -0.1) is 11.6 Å². The minimum Gasteiger partial charge on any atom is -0.303 e. The Balaban J connectivity index is 1.75. The van der Waals surface area contributed by atoms with Crippen molar-refractivity contribution >= 4 is 29.3 Å². The van der Waals surface area contributed by atoms with Crippen LogP contribution in [0.15, 0.2) is 54.1 Å². The molecule has 3 heteroatoms. The van der Waals surface area contributed by atoms with Crippen LogP contribution in [-0.2, 0) is 0 Å². The predicted octanol–water partition coefficient (Wildman–Crippen LogP) is 6.12. The van der Waals surface area contributed by atoms with E-state index in [0.717, 1.165) is 49.8 Å². The lowest BCUT2D eigenvalue weighted by atomic mass is 9.95. The van der Waals surface area contributed by atoms with Crippen molar-refractivity contribution in [3.8, 4) is 11.1 Å². The maximum absolute atomic E-state index is 6.02. The molecule has 0 radical (unpaired) electrons. The van der Waals surface area contributed by atoms with Gasteiger partial charge in [0.15, 0.2) is 0 Å². The zero-order valence-electron chi connectivity index (χ0n) is 13.8. The second-order valence-corrected chi connectivity index (χ2v) is 7.10. The first kappa shape index (κ1) is 17.5. The Labute approximate surface area is 154 Å².